The Bertz CT molecular complexity index is 1190. The lowest BCUT2D eigenvalue weighted by Gasteiger charge is -2.54. The lowest BCUT2D eigenvalue weighted by atomic mass is 9.72. The van der Waals surface area contributed by atoms with Crippen molar-refractivity contribution in [3.8, 4) is 22.3 Å². The van der Waals surface area contributed by atoms with E-state index in [4.69, 9.17) is 4.84 Å². The maximum absolute atomic E-state index is 15.2. The van der Waals surface area contributed by atoms with Gasteiger partial charge in [-0.1, -0.05) is 80.1 Å². The molecule has 0 atom stereocenters. The molecule has 0 unspecified atom stereocenters. The van der Waals surface area contributed by atoms with E-state index in [2.05, 4.69) is 82.7 Å². The van der Waals surface area contributed by atoms with Gasteiger partial charge in [-0.2, -0.15) is 5.06 Å². The zero-order valence-corrected chi connectivity index (χ0v) is 23.9. The number of benzene rings is 3. The molecule has 2 nitrogen and oxygen atoms in total. The van der Waals surface area contributed by atoms with E-state index in [9.17, 15) is 0 Å². The molecule has 0 saturated carbocycles. The minimum atomic E-state index is -0.190. The number of rotatable bonds is 10. The smallest absolute Gasteiger partial charge is 0.131 e. The molecular formula is C35H44FNO. The predicted molar refractivity (Wildman–Crippen MR) is 159 cm³/mol. The Morgan fingerprint density at radius 1 is 0.895 bits per heavy atom. The van der Waals surface area contributed by atoms with Gasteiger partial charge in [-0.25, -0.2) is 4.39 Å². The Hall–Kier alpha value is -2.75. The maximum Gasteiger partial charge on any atom is 0.131 e. The molecule has 0 bridgehead atoms. The third-order valence-corrected chi connectivity index (χ3v) is 7.90. The number of aryl methyl sites for hydroxylation is 1. The summed E-state index contributed by atoms with van der Waals surface area (Å²) in [5, 5.41) is 2.25. The Labute approximate surface area is 229 Å². The predicted octanol–water partition coefficient (Wildman–Crippen LogP) is 9.75. The molecule has 38 heavy (non-hydrogen) atoms. The third kappa shape index (κ3) is 6.45. The second-order valence-corrected chi connectivity index (χ2v) is 12.1. The summed E-state index contributed by atoms with van der Waals surface area (Å²) in [6, 6.07) is 22.5. The summed E-state index contributed by atoms with van der Waals surface area (Å²) in [6.45, 7) is 15.9. The van der Waals surface area contributed by atoms with Crippen molar-refractivity contribution in [2.75, 3.05) is 6.61 Å². The van der Waals surface area contributed by atoms with Gasteiger partial charge in [0, 0.05) is 16.6 Å². The van der Waals surface area contributed by atoms with Gasteiger partial charge in [0.1, 0.15) is 5.82 Å². The van der Waals surface area contributed by atoms with Crippen molar-refractivity contribution in [1.82, 2.24) is 5.06 Å². The Kier molecular flexibility index (Phi) is 8.90. The van der Waals surface area contributed by atoms with E-state index in [-0.39, 0.29) is 16.9 Å². The molecule has 1 fully saturated rings. The molecule has 1 aliphatic heterocycles. The van der Waals surface area contributed by atoms with Crippen LogP contribution in [0.5, 0.6) is 0 Å². The van der Waals surface area contributed by atoms with E-state index in [0.29, 0.717) is 11.5 Å². The van der Waals surface area contributed by atoms with Crippen molar-refractivity contribution >= 4 is 0 Å². The zero-order chi connectivity index (χ0) is 27.3. The van der Waals surface area contributed by atoms with Crippen LogP contribution in [0, 0.1) is 5.82 Å². The largest absolute Gasteiger partial charge is 0.298 e. The van der Waals surface area contributed by atoms with Gasteiger partial charge in [-0.15, -0.1) is 6.58 Å². The summed E-state index contributed by atoms with van der Waals surface area (Å²) in [5.41, 5.74) is 5.96. The van der Waals surface area contributed by atoms with Crippen LogP contribution in [-0.2, 0) is 11.3 Å². The Morgan fingerprint density at radius 3 is 2.08 bits per heavy atom. The van der Waals surface area contributed by atoms with Gasteiger partial charge in [0.25, 0.3) is 0 Å². The number of nitrogens with zero attached hydrogens (tertiary/aromatic N) is 1. The van der Waals surface area contributed by atoms with E-state index >= 15 is 4.39 Å². The molecule has 0 spiro atoms. The van der Waals surface area contributed by atoms with Crippen molar-refractivity contribution in [2.24, 2.45) is 0 Å². The van der Waals surface area contributed by atoms with Crippen molar-refractivity contribution < 1.29 is 9.23 Å². The molecule has 0 aromatic heterocycles. The summed E-state index contributed by atoms with van der Waals surface area (Å²) in [5.74, 6) is 0.262. The van der Waals surface area contributed by atoms with Gasteiger partial charge in [0.15, 0.2) is 0 Å². The highest BCUT2D eigenvalue weighted by Crippen LogP contribution is 2.46. The van der Waals surface area contributed by atoms with Crippen LogP contribution < -0.4 is 0 Å². The molecule has 0 N–H and O–H groups in total. The summed E-state index contributed by atoms with van der Waals surface area (Å²) in [4.78, 5) is 6.28. The molecule has 0 radical (unpaired) electrons. The van der Waals surface area contributed by atoms with E-state index in [1.807, 2.05) is 30.3 Å². The van der Waals surface area contributed by atoms with E-state index in [1.165, 1.54) is 11.1 Å². The van der Waals surface area contributed by atoms with E-state index in [0.717, 1.165) is 61.8 Å². The molecule has 1 saturated heterocycles. The van der Waals surface area contributed by atoms with Crippen LogP contribution in [0.15, 0.2) is 79.4 Å². The Balaban J connectivity index is 1.48. The second kappa shape index (κ2) is 12.0. The lowest BCUT2D eigenvalue weighted by Crippen LogP contribution is -2.59. The highest BCUT2D eigenvalue weighted by Gasteiger charge is 2.46. The minimum Gasteiger partial charge on any atom is -0.298 e. The fourth-order valence-corrected chi connectivity index (χ4v) is 6.14. The Morgan fingerprint density at radius 2 is 1.50 bits per heavy atom. The third-order valence-electron chi connectivity index (χ3n) is 7.90. The van der Waals surface area contributed by atoms with Crippen LogP contribution in [0.1, 0.15) is 83.8 Å². The fraction of sp³-hybridized carbons (Fsp3) is 0.429. The molecule has 1 heterocycles. The second-order valence-electron chi connectivity index (χ2n) is 12.1. The maximum atomic E-state index is 15.2. The van der Waals surface area contributed by atoms with Crippen molar-refractivity contribution in [1.29, 1.82) is 0 Å². The molecule has 3 heteroatoms. The first-order valence-corrected chi connectivity index (χ1v) is 14.2. The lowest BCUT2D eigenvalue weighted by molar-refractivity contribution is -0.283. The number of piperidine rings is 1. The zero-order valence-electron chi connectivity index (χ0n) is 23.9. The number of allylic oxidation sites excluding steroid dienone is 1. The van der Waals surface area contributed by atoms with Crippen molar-refractivity contribution in [2.45, 2.75) is 90.1 Å². The van der Waals surface area contributed by atoms with E-state index in [1.54, 1.807) is 6.07 Å². The SMILES string of the molecule is C=CCCc1ccc(-c2ccc(-c3ccc(C4CC(C)(C)N(OCCCC)C(C)(C)C4)cc3)cc2F)cc1. The molecule has 3 aromatic carbocycles. The molecule has 0 amide bonds. The standard InChI is InChI=1S/C35H44FNO/c1-7-9-11-26-12-14-29(15-13-26)32-21-20-30(23-33(32)36)27-16-18-28(19-17-27)31-24-34(3,4)37(35(5,6)25-31)38-22-10-8-2/h7,12-21,23,31H,1,8-11,22,24-25H2,2-6H3. The van der Waals surface area contributed by atoms with Crippen molar-refractivity contribution in [3.63, 3.8) is 0 Å². The summed E-state index contributed by atoms with van der Waals surface area (Å²) >= 11 is 0. The molecule has 4 rings (SSSR count). The van der Waals surface area contributed by atoms with Gasteiger partial charge >= 0.3 is 0 Å². The van der Waals surface area contributed by atoms with Gasteiger partial charge in [0.2, 0.25) is 0 Å². The number of hydrogen-bond donors (Lipinski definition) is 0. The van der Waals surface area contributed by atoms with Crippen LogP contribution in [0.25, 0.3) is 22.3 Å². The van der Waals surface area contributed by atoms with Gasteiger partial charge in [-0.05, 0) is 99.6 Å². The molecule has 0 aliphatic carbocycles. The molecule has 3 aromatic rings. The number of hydrogen-bond acceptors (Lipinski definition) is 2. The monoisotopic (exact) mass is 513 g/mol. The molecule has 202 valence electrons. The average molecular weight is 514 g/mol. The van der Waals surface area contributed by atoms with Crippen LogP contribution in [0.4, 0.5) is 4.39 Å². The van der Waals surface area contributed by atoms with Crippen LogP contribution in [0.3, 0.4) is 0 Å². The summed E-state index contributed by atoms with van der Waals surface area (Å²) in [7, 11) is 0. The van der Waals surface area contributed by atoms with Gasteiger partial charge in [0.05, 0.1) is 6.61 Å². The number of unbranched alkanes of at least 4 members (excludes halogenated alkanes) is 1. The number of halogens is 1. The first kappa shape index (κ1) is 28.3. The first-order valence-electron chi connectivity index (χ1n) is 14.2. The topological polar surface area (TPSA) is 12.5 Å². The summed E-state index contributed by atoms with van der Waals surface area (Å²) in [6.07, 6.45) is 8.13. The van der Waals surface area contributed by atoms with Gasteiger partial charge in [-0.3, -0.25) is 4.84 Å². The minimum absolute atomic E-state index is 0.0539. The van der Waals surface area contributed by atoms with Gasteiger partial charge < -0.3 is 0 Å². The normalized spacial score (nSPS) is 17.4. The average Bonchev–Trinajstić information content (AvgIpc) is 2.89. The van der Waals surface area contributed by atoms with E-state index < -0.39 is 0 Å². The quantitative estimate of drug-likeness (QED) is 0.198. The van der Waals surface area contributed by atoms with Crippen LogP contribution >= 0.6 is 0 Å². The van der Waals surface area contributed by atoms with Crippen molar-refractivity contribution in [3.05, 3.63) is 96.3 Å². The highest BCUT2D eigenvalue weighted by atomic mass is 19.1. The summed E-state index contributed by atoms with van der Waals surface area (Å²) < 4.78 is 15.2. The molecule has 1 aliphatic rings. The van der Waals surface area contributed by atoms with Crippen LogP contribution in [0.2, 0.25) is 0 Å². The number of hydroxylamine groups is 2. The first-order chi connectivity index (χ1) is 18.1. The fourth-order valence-electron chi connectivity index (χ4n) is 6.14. The molecular weight excluding hydrogens is 469 g/mol. The van der Waals surface area contributed by atoms with Crippen LogP contribution in [-0.4, -0.2) is 22.7 Å². The highest BCUT2D eigenvalue weighted by molar-refractivity contribution is 5.71.